The summed E-state index contributed by atoms with van der Waals surface area (Å²) in [5.41, 5.74) is 0.278. The molecule has 0 spiro atoms. The second-order valence-corrected chi connectivity index (χ2v) is 4.48. The zero-order chi connectivity index (χ0) is 8.60. The van der Waals surface area contributed by atoms with Gasteiger partial charge in [0.15, 0.2) is 0 Å². The zero-order valence-corrected chi connectivity index (χ0v) is 7.84. The maximum absolute atomic E-state index is 9.29. The Hall–Kier alpha value is -0.0800. The highest BCUT2D eigenvalue weighted by Crippen LogP contribution is 2.53. The summed E-state index contributed by atoms with van der Waals surface area (Å²) in [5, 5.41) is 12.7. The lowest BCUT2D eigenvalue weighted by Crippen LogP contribution is -2.45. The van der Waals surface area contributed by atoms with Gasteiger partial charge in [0.25, 0.3) is 0 Å². The minimum Gasteiger partial charge on any atom is -0.396 e. The summed E-state index contributed by atoms with van der Waals surface area (Å²) in [6.07, 6.45) is 6.59. The molecule has 2 aliphatic rings. The van der Waals surface area contributed by atoms with Gasteiger partial charge in [-0.2, -0.15) is 0 Å². The summed E-state index contributed by atoms with van der Waals surface area (Å²) in [6.45, 7) is 0.384. The molecule has 2 N–H and O–H groups in total. The van der Waals surface area contributed by atoms with E-state index in [0.29, 0.717) is 12.6 Å². The molecule has 2 fully saturated rings. The predicted octanol–water partition coefficient (Wildman–Crippen LogP) is 1.15. The quantitative estimate of drug-likeness (QED) is 0.661. The average Bonchev–Trinajstić information content (AvgIpc) is 2.76. The number of aliphatic hydroxyl groups is 1. The molecule has 12 heavy (non-hydrogen) atoms. The van der Waals surface area contributed by atoms with Gasteiger partial charge in [0.05, 0.1) is 6.61 Å². The number of rotatable bonds is 4. The topological polar surface area (TPSA) is 32.3 Å². The molecule has 0 bridgehead atoms. The predicted molar refractivity (Wildman–Crippen MR) is 48.9 cm³/mol. The maximum Gasteiger partial charge on any atom is 0.0502 e. The fourth-order valence-electron chi connectivity index (χ4n) is 2.54. The number of nitrogens with one attached hydrogen (secondary N) is 1. The molecule has 0 aromatic carbocycles. The van der Waals surface area contributed by atoms with E-state index in [1.54, 1.807) is 0 Å². The van der Waals surface area contributed by atoms with Crippen molar-refractivity contribution in [2.24, 2.45) is 11.3 Å². The molecular weight excluding hydrogens is 150 g/mol. The van der Waals surface area contributed by atoms with E-state index in [4.69, 9.17) is 0 Å². The Bertz CT molecular complexity index is 161. The fraction of sp³-hybridized carbons (Fsp3) is 1.00. The van der Waals surface area contributed by atoms with Gasteiger partial charge < -0.3 is 10.4 Å². The van der Waals surface area contributed by atoms with Gasteiger partial charge in [-0.3, -0.25) is 0 Å². The third-order valence-corrected chi connectivity index (χ3v) is 3.80. The Balaban J connectivity index is 1.97. The lowest BCUT2D eigenvalue weighted by Gasteiger charge is -2.38. The van der Waals surface area contributed by atoms with E-state index in [2.05, 4.69) is 5.32 Å². The summed E-state index contributed by atoms with van der Waals surface area (Å²) in [6, 6.07) is 0.594. The molecule has 1 atom stereocenters. The third-order valence-electron chi connectivity index (χ3n) is 3.80. The van der Waals surface area contributed by atoms with Crippen LogP contribution in [0.5, 0.6) is 0 Å². The first-order valence-electron chi connectivity index (χ1n) is 5.10. The molecule has 0 heterocycles. The van der Waals surface area contributed by atoms with Gasteiger partial charge in [-0.05, 0) is 38.6 Å². The van der Waals surface area contributed by atoms with Crippen molar-refractivity contribution in [3.8, 4) is 0 Å². The van der Waals surface area contributed by atoms with Crippen LogP contribution in [0, 0.1) is 11.3 Å². The Labute approximate surface area is 74.4 Å². The van der Waals surface area contributed by atoms with Gasteiger partial charge in [-0.1, -0.05) is 6.42 Å². The largest absolute Gasteiger partial charge is 0.396 e. The van der Waals surface area contributed by atoms with Crippen LogP contribution in [-0.4, -0.2) is 24.8 Å². The molecule has 0 aromatic heterocycles. The van der Waals surface area contributed by atoms with E-state index in [9.17, 15) is 5.11 Å². The summed E-state index contributed by atoms with van der Waals surface area (Å²) in [5.74, 6) is 0.852. The van der Waals surface area contributed by atoms with E-state index >= 15 is 0 Å². The third kappa shape index (κ3) is 1.17. The van der Waals surface area contributed by atoms with Crippen LogP contribution in [0.1, 0.15) is 32.1 Å². The summed E-state index contributed by atoms with van der Waals surface area (Å²) < 4.78 is 0. The van der Waals surface area contributed by atoms with Crippen LogP contribution in [0.2, 0.25) is 0 Å². The maximum atomic E-state index is 9.29. The summed E-state index contributed by atoms with van der Waals surface area (Å²) >= 11 is 0. The number of aliphatic hydroxyl groups excluding tert-OH is 1. The molecule has 70 valence electrons. The number of hydrogen-bond donors (Lipinski definition) is 2. The fourth-order valence-corrected chi connectivity index (χ4v) is 2.54. The van der Waals surface area contributed by atoms with E-state index < -0.39 is 0 Å². The van der Waals surface area contributed by atoms with Gasteiger partial charge in [0.1, 0.15) is 0 Å². The molecule has 0 amide bonds. The Morgan fingerprint density at radius 2 is 2.17 bits per heavy atom. The Morgan fingerprint density at radius 1 is 1.50 bits per heavy atom. The van der Waals surface area contributed by atoms with E-state index in [-0.39, 0.29) is 5.41 Å². The molecule has 0 saturated heterocycles. The van der Waals surface area contributed by atoms with Crippen LogP contribution in [0.4, 0.5) is 0 Å². The lowest BCUT2D eigenvalue weighted by molar-refractivity contribution is 0.109. The van der Waals surface area contributed by atoms with Crippen molar-refractivity contribution >= 4 is 0 Å². The molecule has 0 aliphatic heterocycles. The van der Waals surface area contributed by atoms with Crippen LogP contribution in [0.25, 0.3) is 0 Å². The minimum absolute atomic E-state index is 0.278. The van der Waals surface area contributed by atoms with E-state index in [1.807, 2.05) is 7.05 Å². The minimum atomic E-state index is 0.278. The van der Waals surface area contributed by atoms with Gasteiger partial charge in [0.2, 0.25) is 0 Å². The highest BCUT2D eigenvalue weighted by atomic mass is 16.3. The molecule has 0 aromatic rings. The monoisotopic (exact) mass is 169 g/mol. The Morgan fingerprint density at radius 3 is 2.42 bits per heavy atom. The first-order chi connectivity index (χ1) is 5.82. The van der Waals surface area contributed by atoms with E-state index in [0.717, 1.165) is 5.92 Å². The van der Waals surface area contributed by atoms with Crippen LogP contribution < -0.4 is 5.32 Å². The van der Waals surface area contributed by atoms with Crippen molar-refractivity contribution in [1.82, 2.24) is 5.32 Å². The number of hydrogen-bond acceptors (Lipinski definition) is 2. The van der Waals surface area contributed by atoms with Gasteiger partial charge >= 0.3 is 0 Å². The van der Waals surface area contributed by atoms with Crippen molar-refractivity contribution in [2.45, 2.75) is 38.1 Å². The SMILES string of the molecule is CNC(C1CCC1)C1(CO)CC1. The van der Waals surface area contributed by atoms with E-state index in [1.165, 1.54) is 32.1 Å². The molecule has 2 nitrogen and oxygen atoms in total. The highest BCUT2D eigenvalue weighted by Gasteiger charge is 2.51. The smallest absolute Gasteiger partial charge is 0.0502 e. The zero-order valence-electron chi connectivity index (χ0n) is 7.84. The van der Waals surface area contributed by atoms with Gasteiger partial charge in [0, 0.05) is 11.5 Å². The molecular formula is C10H19NO. The van der Waals surface area contributed by atoms with Crippen molar-refractivity contribution in [3.05, 3.63) is 0 Å². The Kier molecular flexibility index (Phi) is 2.13. The second-order valence-electron chi connectivity index (χ2n) is 4.48. The molecule has 2 saturated carbocycles. The summed E-state index contributed by atoms with van der Waals surface area (Å²) in [4.78, 5) is 0. The van der Waals surface area contributed by atoms with Crippen LogP contribution in [0.3, 0.4) is 0 Å². The first kappa shape index (κ1) is 8.52. The second kappa shape index (κ2) is 3.00. The highest BCUT2D eigenvalue weighted by molar-refractivity contribution is 5.05. The molecule has 2 heteroatoms. The van der Waals surface area contributed by atoms with Gasteiger partial charge in [-0.25, -0.2) is 0 Å². The van der Waals surface area contributed by atoms with Crippen LogP contribution in [-0.2, 0) is 0 Å². The average molecular weight is 169 g/mol. The van der Waals surface area contributed by atoms with Gasteiger partial charge in [-0.15, -0.1) is 0 Å². The van der Waals surface area contributed by atoms with Crippen molar-refractivity contribution in [1.29, 1.82) is 0 Å². The summed E-state index contributed by atoms with van der Waals surface area (Å²) in [7, 11) is 2.04. The standard InChI is InChI=1S/C10H19NO/c1-11-9(8-3-2-4-8)10(7-12)5-6-10/h8-9,11-12H,2-7H2,1H3. The lowest BCUT2D eigenvalue weighted by atomic mass is 9.74. The molecule has 0 radical (unpaired) electrons. The first-order valence-corrected chi connectivity index (χ1v) is 5.10. The van der Waals surface area contributed by atoms with Crippen molar-refractivity contribution in [2.75, 3.05) is 13.7 Å². The molecule has 2 aliphatic carbocycles. The van der Waals surface area contributed by atoms with Crippen LogP contribution >= 0.6 is 0 Å². The molecule has 1 unspecified atom stereocenters. The van der Waals surface area contributed by atoms with Crippen molar-refractivity contribution < 1.29 is 5.11 Å². The molecule has 2 rings (SSSR count). The van der Waals surface area contributed by atoms with Crippen LogP contribution in [0.15, 0.2) is 0 Å². The van der Waals surface area contributed by atoms with Crippen molar-refractivity contribution in [3.63, 3.8) is 0 Å². The normalized spacial score (nSPS) is 29.5.